The number of aromatic nitrogens is 3. The van der Waals surface area contributed by atoms with Gasteiger partial charge in [0.15, 0.2) is 0 Å². The summed E-state index contributed by atoms with van der Waals surface area (Å²) >= 11 is 0. The van der Waals surface area contributed by atoms with Gasteiger partial charge in [-0.1, -0.05) is 12.7 Å². The predicted molar refractivity (Wildman–Crippen MR) is 71.1 cm³/mol. The molecule has 0 amide bonds. The van der Waals surface area contributed by atoms with Crippen molar-refractivity contribution in [3.8, 4) is 0 Å². The molecule has 2 heterocycles. The first-order valence-corrected chi connectivity index (χ1v) is 5.35. The van der Waals surface area contributed by atoms with Gasteiger partial charge in [-0.2, -0.15) is 5.10 Å². The zero-order chi connectivity index (χ0) is 12.3. The van der Waals surface area contributed by atoms with Crippen molar-refractivity contribution in [3.05, 3.63) is 42.5 Å². The number of fused-ring (bicyclic) bond motifs is 1. The first kappa shape index (κ1) is 11.3. The minimum Gasteiger partial charge on any atom is -0.296 e. The van der Waals surface area contributed by atoms with Crippen LogP contribution in [0, 0.1) is 0 Å². The highest BCUT2D eigenvalue weighted by Crippen LogP contribution is 2.17. The maximum atomic E-state index is 4.54. The molecule has 0 radical (unpaired) electrons. The molecule has 2 aromatic heterocycles. The highest BCUT2D eigenvalue weighted by molar-refractivity contribution is 6.11. The number of hydrogen-bond donors (Lipinski definition) is 0. The second-order valence-electron chi connectivity index (χ2n) is 3.51. The van der Waals surface area contributed by atoms with Gasteiger partial charge in [-0.3, -0.25) is 4.99 Å². The molecule has 2 rings (SSSR count). The van der Waals surface area contributed by atoms with E-state index in [1.165, 1.54) is 0 Å². The average Bonchev–Trinajstić information content (AvgIpc) is 2.82. The lowest BCUT2D eigenvalue weighted by Gasteiger charge is -2.05. The lowest BCUT2D eigenvalue weighted by atomic mass is 10.1. The summed E-state index contributed by atoms with van der Waals surface area (Å²) < 4.78 is 1.80. The Balaban J connectivity index is 2.73. The predicted octanol–water partition coefficient (Wildman–Crippen LogP) is 2.48. The highest BCUT2D eigenvalue weighted by Gasteiger charge is 2.08. The third-order valence-electron chi connectivity index (χ3n) is 2.47. The van der Waals surface area contributed by atoms with Crippen molar-refractivity contribution in [3.63, 3.8) is 0 Å². The van der Waals surface area contributed by atoms with Crippen molar-refractivity contribution in [1.82, 2.24) is 14.6 Å². The molecule has 0 spiro atoms. The first-order chi connectivity index (χ1) is 8.30. The number of nitrogens with zero attached hydrogens (tertiary/aromatic N) is 4. The number of rotatable bonds is 3. The zero-order valence-electron chi connectivity index (χ0n) is 9.96. The largest absolute Gasteiger partial charge is 0.296 e. The molecule has 0 aliphatic carbocycles. The lowest BCUT2D eigenvalue weighted by molar-refractivity contribution is 0.938. The summed E-state index contributed by atoms with van der Waals surface area (Å²) in [5, 5.41) is 4.22. The van der Waals surface area contributed by atoms with Crippen LogP contribution in [0.3, 0.4) is 0 Å². The topological polar surface area (TPSA) is 42.5 Å². The molecular weight excluding hydrogens is 212 g/mol. The summed E-state index contributed by atoms with van der Waals surface area (Å²) in [5.41, 5.74) is 3.60. The van der Waals surface area contributed by atoms with Crippen LogP contribution in [0.2, 0.25) is 0 Å². The summed E-state index contributed by atoms with van der Waals surface area (Å²) in [4.78, 5) is 8.58. The molecule has 4 nitrogen and oxygen atoms in total. The first-order valence-electron chi connectivity index (χ1n) is 5.35. The molecule has 0 atom stereocenters. The van der Waals surface area contributed by atoms with E-state index in [2.05, 4.69) is 21.7 Å². The van der Waals surface area contributed by atoms with Crippen molar-refractivity contribution >= 4 is 23.4 Å². The molecule has 2 aromatic rings. The Morgan fingerprint density at radius 1 is 1.53 bits per heavy atom. The molecule has 0 aromatic carbocycles. The van der Waals surface area contributed by atoms with E-state index in [-0.39, 0.29) is 0 Å². The fourth-order valence-electron chi connectivity index (χ4n) is 1.67. The molecule has 86 valence electrons. The Hall–Kier alpha value is -2.23. The van der Waals surface area contributed by atoms with Crippen LogP contribution in [0.15, 0.2) is 36.1 Å². The van der Waals surface area contributed by atoms with Crippen LogP contribution in [0.25, 0.3) is 17.2 Å². The van der Waals surface area contributed by atoms with E-state index in [1.54, 1.807) is 30.1 Å². The fraction of sp³-hybridized carbons (Fsp3) is 0.154. The summed E-state index contributed by atoms with van der Waals surface area (Å²) in [6.45, 7) is 5.70. The second kappa shape index (κ2) is 4.74. The summed E-state index contributed by atoms with van der Waals surface area (Å²) in [5.74, 6) is 0. The Labute approximate surface area is 100 Å². The van der Waals surface area contributed by atoms with Crippen LogP contribution < -0.4 is 0 Å². The van der Waals surface area contributed by atoms with Gasteiger partial charge in [0, 0.05) is 18.8 Å². The van der Waals surface area contributed by atoms with E-state index < -0.39 is 0 Å². The molecule has 0 saturated carbocycles. The summed E-state index contributed by atoms with van der Waals surface area (Å²) in [6, 6.07) is 1.93. The molecular formula is C13H14N4. The van der Waals surface area contributed by atoms with Crippen molar-refractivity contribution < 1.29 is 0 Å². The van der Waals surface area contributed by atoms with Crippen LogP contribution in [-0.4, -0.2) is 27.9 Å². The standard InChI is InChI=1S/C13H14N4/c1-4-10(8-14-3)13-12-6-7-15-17(12)9-11(5-2)16-13/h4-9H,2H2,1,3H3/b10-4+,14-8-. The van der Waals surface area contributed by atoms with Crippen LogP contribution in [0.5, 0.6) is 0 Å². The van der Waals surface area contributed by atoms with Gasteiger partial charge in [0.2, 0.25) is 0 Å². The third-order valence-corrected chi connectivity index (χ3v) is 2.47. The van der Waals surface area contributed by atoms with E-state index in [1.807, 2.05) is 25.3 Å². The minimum atomic E-state index is 0.792. The Morgan fingerprint density at radius 2 is 2.35 bits per heavy atom. The maximum absolute atomic E-state index is 4.54. The van der Waals surface area contributed by atoms with Gasteiger partial charge in [0.25, 0.3) is 0 Å². The van der Waals surface area contributed by atoms with Crippen molar-refractivity contribution in [1.29, 1.82) is 0 Å². The smallest absolute Gasteiger partial charge is 0.0979 e. The van der Waals surface area contributed by atoms with E-state index >= 15 is 0 Å². The highest BCUT2D eigenvalue weighted by atomic mass is 15.2. The Bertz CT molecular complexity index is 605. The Kier molecular flexibility index (Phi) is 3.14. The fourth-order valence-corrected chi connectivity index (χ4v) is 1.67. The molecule has 0 aliphatic rings. The molecule has 0 aliphatic heterocycles. The van der Waals surface area contributed by atoms with Gasteiger partial charge in [-0.15, -0.1) is 0 Å². The molecule has 0 bridgehead atoms. The van der Waals surface area contributed by atoms with Gasteiger partial charge in [-0.05, 0) is 19.1 Å². The normalized spacial score (nSPS) is 12.5. The SMILES string of the molecule is C=Cc1cn2nccc2c(C(/C=N\C)=C/C)n1. The van der Waals surface area contributed by atoms with Crippen LogP contribution in [-0.2, 0) is 0 Å². The van der Waals surface area contributed by atoms with Crippen LogP contribution in [0.4, 0.5) is 0 Å². The molecule has 0 N–H and O–H groups in total. The third kappa shape index (κ3) is 2.01. The van der Waals surface area contributed by atoms with E-state index in [4.69, 9.17) is 0 Å². The monoisotopic (exact) mass is 226 g/mol. The quantitative estimate of drug-likeness (QED) is 0.754. The van der Waals surface area contributed by atoms with Gasteiger partial charge in [-0.25, -0.2) is 9.50 Å². The van der Waals surface area contributed by atoms with Gasteiger partial charge in [0.1, 0.15) is 0 Å². The average molecular weight is 226 g/mol. The van der Waals surface area contributed by atoms with E-state index in [9.17, 15) is 0 Å². The van der Waals surface area contributed by atoms with Crippen LogP contribution >= 0.6 is 0 Å². The van der Waals surface area contributed by atoms with Gasteiger partial charge < -0.3 is 0 Å². The van der Waals surface area contributed by atoms with Crippen LogP contribution in [0.1, 0.15) is 18.3 Å². The molecule has 0 unspecified atom stereocenters. The van der Waals surface area contributed by atoms with E-state index in [0.29, 0.717) is 0 Å². The number of hydrogen-bond acceptors (Lipinski definition) is 3. The molecule has 0 fully saturated rings. The summed E-state index contributed by atoms with van der Waals surface area (Å²) in [6.07, 6.45) is 9.09. The second-order valence-corrected chi connectivity index (χ2v) is 3.51. The van der Waals surface area contributed by atoms with E-state index in [0.717, 1.165) is 22.5 Å². The van der Waals surface area contributed by atoms with Crippen molar-refractivity contribution in [2.75, 3.05) is 7.05 Å². The minimum absolute atomic E-state index is 0.792. The maximum Gasteiger partial charge on any atom is 0.0979 e. The molecule has 0 saturated heterocycles. The van der Waals surface area contributed by atoms with Gasteiger partial charge >= 0.3 is 0 Å². The zero-order valence-corrected chi connectivity index (χ0v) is 9.96. The number of allylic oxidation sites excluding steroid dienone is 2. The summed E-state index contributed by atoms with van der Waals surface area (Å²) in [7, 11) is 1.74. The Morgan fingerprint density at radius 3 is 3.00 bits per heavy atom. The molecule has 17 heavy (non-hydrogen) atoms. The van der Waals surface area contributed by atoms with Gasteiger partial charge in [0.05, 0.1) is 29.3 Å². The number of aliphatic imine (C=N–C) groups is 1. The van der Waals surface area contributed by atoms with Crippen molar-refractivity contribution in [2.24, 2.45) is 4.99 Å². The van der Waals surface area contributed by atoms with Crippen molar-refractivity contribution in [2.45, 2.75) is 6.92 Å². The molecule has 4 heteroatoms. The lowest BCUT2D eigenvalue weighted by Crippen LogP contribution is -1.99.